The Labute approximate surface area is 104 Å². The fourth-order valence-electron chi connectivity index (χ4n) is 2.24. The van der Waals surface area contributed by atoms with Crippen LogP contribution in [0.4, 0.5) is 5.69 Å². The molecular formula is C15H21NO. The van der Waals surface area contributed by atoms with Crippen LogP contribution >= 0.6 is 0 Å². The quantitative estimate of drug-likeness (QED) is 0.697. The van der Waals surface area contributed by atoms with E-state index < -0.39 is 0 Å². The molecule has 0 saturated heterocycles. The van der Waals surface area contributed by atoms with Crippen LogP contribution in [0, 0.1) is 6.92 Å². The SMILES string of the molecule is CCCCN(c1ccc(C)cc1C=O)C1CC1. The molecule has 0 bridgehead atoms. The predicted molar refractivity (Wildman–Crippen MR) is 71.8 cm³/mol. The number of unbranched alkanes of at least 4 members (excludes halogenated alkanes) is 1. The van der Waals surface area contributed by atoms with Crippen LogP contribution in [0.5, 0.6) is 0 Å². The number of carbonyl (C=O) groups excluding carboxylic acids is 1. The molecule has 17 heavy (non-hydrogen) atoms. The molecule has 2 heteroatoms. The van der Waals surface area contributed by atoms with Gasteiger partial charge in [0.2, 0.25) is 0 Å². The number of nitrogens with zero attached hydrogens (tertiary/aromatic N) is 1. The van der Waals surface area contributed by atoms with Crippen molar-refractivity contribution in [2.24, 2.45) is 0 Å². The Bertz CT molecular complexity index is 396. The van der Waals surface area contributed by atoms with Crippen molar-refractivity contribution < 1.29 is 4.79 Å². The standard InChI is InChI=1S/C15H21NO/c1-3-4-9-16(14-6-7-14)15-8-5-12(2)10-13(15)11-17/h5,8,10-11,14H,3-4,6-7,9H2,1-2H3. The highest BCUT2D eigenvalue weighted by Gasteiger charge is 2.29. The van der Waals surface area contributed by atoms with E-state index in [1.807, 2.05) is 13.0 Å². The van der Waals surface area contributed by atoms with Crippen LogP contribution in [0.15, 0.2) is 18.2 Å². The second-order valence-electron chi connectivity index (χ2n) is 4.96. The van der Waals surface area contributed by atoms with Crippen LogP contribution in [-0.4, -0.2) is 18.9 Å². The summed E-state index contributed by atoms with van der Waals surface area (Å²) in [5.41, 5.74) is 3.12. The molecule has 0 aliphatic heterocycles. The Morgan fingerprint density at radius 1 is 1.41 bits per heavy atom. The second kappa shape index (κ2) is 5.35. The Balaban J connectivity index is 2.24. The first-order valence-electron chi connectivity index (χ1n) is 6.58. The number of aryl methyl sites for hydroxylation is 1. The van der Waals surface area contributed by atoms with Crippen molar-refractivity contribution in [2.75, 3.05) is 11.4 Å². The smallest absolute Gasteiger partial charge is 0.152 e. The molecular weight excluding hydrogens is 210 g/mol. The summed E-state index contributed by atoms with van der Waals surface area (Å²) in [5, 5.41) is 0. The van der Waals surface area contributed by atoms with Gasteiger partial charge in [0.1, 0.15) is 0 Å². The molecule has 2 rings (SSSR count). The second-order valence-corrected chi connectivity index (χ2v) is 4.96. The molecule has 0 spiro atoms. The van der Waals surface area contributed by atoms with E-state index in [0.717, 1.165) is 29.6 Å². The number of aldehydes is 1. The molecule has 1 aliphatic rings. The first-order valence-corrected chi connectivity index (χ1v) is 6.58. The largest absolute Gasteiger partial charge is 0.368 e. The first kappa shape index (κ1) is 12.2. The molecule has 1 saturated carbocycles. The van der Waals surface area contributed by atoms with Crippen LogP contribution in [0.1, 0.15) is 48.5 Å². The topological polar surface area (TPSA) is 20.3 Å². The molecule has 0 heterocycles. The molecule has 0 unspecified atom stereocenters. The van der Waals surface area contributed by atoms with Crippen LogP contribution in [0.3, 0.4) is 0 Å². The Morgan fingerprint density at radius 2 is 2.18 bits per heavy atom. The van der Waals surface area contributed by atoms with Gasteiger partial charge in [0, 0.05) is 23.8 Å². The Hall–Kier alpha value is -1.31. The van der Waals surface area contributed by atoms with Gasteiger partial charge in [-0.25, -0.2) is 0 Å². The number of anilines is 1. The van der Waals surface area contributed by atoms with E-state index in [4.69, 9.17) is 0 Å². The van der Waals surface area contributed by atoms with E-state index in [2.05, 4.69) is 24.0 Å². The van der Waals surface area contributed by atoms with E-state index in [0.29, 0.717) is 6.04 Å². The fourth-order valence-corrected chi connectivity index (χ4v) is 2.24. The summed E-state index contributed by atoms with van der Waals surface area (Å²) in [7, 11) is 0. The molecule has 0 amide bonds. The van der Waals surface area contributed by atoms with Gasteiger partial charge in [0.25, 0.3) is 0 Å². The number of benzene rings is 1. The van der Waals surface area contributed by atoms with Crippen LogP contribution in [-0.2, 0) is 0 Å². The van der Waals surface area contributed by atoms with Crippen molar-refractivity contribution in [3.63, 3.8) is 0 Å². The van der Waals surface area contributed by atoms with Gasteiger partial charge in [0.15, 0.2) is 6.29 Å². The van der Waals surface area contributed by atoms with Gasteiger partial charge < -0.3 is 4.90 Å². The zero-order chi connectivity index (χ0) is 12.3. The highest BCUT2D eigenvalue weighted by molar-refractivity contribution is 5.85. The number of carbonyl (C=O) groups is 1. The minimum Gasteiger partial charge on any atom is -0.368 e. The van der Waals surface area contributed by atoms with Crippen molar-refractivity contribution in [3.05, 3.63) is 29.3 Å². The van der Waals surface area contributed by atoms with Gasteiger partial charge in [-0.1, -0.05) is 25.0 Å². The maximum atomic E-state index is 11.2. The third-order valence-electron chi connectivity index (χ3n) is 3.36. The lowest BCUT2D eigenvalue weighted by Gasteiger charge is -2.26. The Kier molecular flexibility index (Phi) is 3.82. The molecule has 1 fully saturated rings. The van der Waals surface area contributed by atoms with E-state index in [-0.39, 0.29) is 0 Å². The number of hydrogen-bond acceptors (Lipinski definition) is 2. The van der Waals surface area contributed by atoms with E-state index in [1.54, 1.807) is 0 Å². The molecule has 0 radical (unpaired) electrons. The van der Waals surface area contributed by atoms with Gasteiger partial charge in [0.05, 0.1) is 0 Å². The van der Waals surface area contributed by atoms with Gasteiger partial charge in [-0.15, -0.1) is 0 Å². The minimum absolute atomic E-state index is 0.669. The minimum atomic E-state index is 0.669. The average Bonchev–Trinajstić information content (AvgIpc) is 3.15. The fraction of sp³-hybridized carbons (Fsp3) is 0.533. The van der Waals surface area contributed by atoms with Crippen LogP contribution in [0.2, 0.25) is 0 Å². The van der Waals surface area contributed by atoms with Crippen molar-refractivity contribution in [2.45, 2.75) is 45.6 Å². The van der Waals surface area contributed by atoms with Gasteiger partial charge in [-0.2, -0.15) is 0 Å². The summed E-state index contributed by atoms with van der Waals surface area (Å²) in [4.78, 5) is 13.6. The summed E-state index contributed by atoms with van der Waals surface area (Å²) < 4.78 is 0. The molecule has 1 aliphatic carbocycles. The van der Waals surface area contributed by atoms with Crippen molar-refractivity contribution in [1.82, 2.24) is 0 Å². The maximum Gasteiger partial charge on any atom is 0.152 e. The average molecular weight is 231 g/mol. The summed E-state index contributed by atoms with van der Waals surface area (Å²) >= 11 is 0. The lowest BCUT2D eigenvalue weighted by atomic mass is 10.1. The van der Waals surface area contributed by atoms with Crippen LogP contribution < -0.4 is 4.90 Å². The predicted octanol–water partition coefficient (Wildman–Crippen LogP) is 3.58. The molecule has 0 aromatic heterocycles. The highest BCUT2D eigenvalue weighted by atomic mass is 16.1. The summed E-state index contributed by atoms with van der Waals surface area (Å²) in [6.07, 6.45) is 5.93. The summed E-state index contributed by atoms with van der Waals surface area (Å²) in [6.45, 7) is 5.32. The molecule has 1 aromatic carbocycles. The van der Waals surface area contributed by atoms with E-state index in [1.165, 1.54) is 25.7 Å². The van der Waals surface area contributed by atoms with E-state index in [9.17, 15) is 4.79 Å². The zero-order valence-electron chi connectivity index (χ0n) is 10.8. The van der Waals surface area contributed by atoms with Gasteiger partial charge >= 0.3 is 0 Å². The highest BCUT2D eigenvalue weighted by Crippen LogP contribution is 2.33. The first-order chi connectivity index (χ1) is 8.26. The normalized spacial score (nSPS) is 14.7. The zero-order valence-corrected chi connectivity index (χ0v) is 10.8. The molecule has 0 N–H and O–H groups in total. The van der Waals surface area contributed by atoms with Crippen molar-refractivity contribution >= 4 is 12.0 Å². The molecule has 2 nitrogen and oxygen atoms in total. The lowest BCUT2D eigenvalue weighted by Crippen LogP contribution is -2.27. The molecule has 92 valence electrons. The molecule has 1 aromatic rings. The lowest BCUT2D eigenvalue weighted by molar-refractivity contribution is 0.112. The molecule has 0 atom stereocenters. The third kappa shape index (κ3) is 2.87. The van der Waals surface area contributed by atoms with Crippen molar-refractivity contribution in [1.29, 1.82) is 0 Å². The number of rotatable bonds is 6. The summed E-state index contributed by atoms with van der Waals surface area (Å²) in [5.74, 6) is 0. The maximum absolute atomic E-state index is 11.2. The third-order valence-corrected chi connectivity index (χ3v) is 3.36. The van der Waals surface area contributed by atoms with Crippen molar-refractivity contribution in [3.8, 4) is 0 Å². The monoisotopic (exact) mass is 231 g/mol. The summed E-state index contributed by atoms with van der Waals surface area (Å²) in [6, 6.07) is 6.86. The van der Waals surface area contributed by atoms with Crippen LogP contribution in [0.25, 0.3) is 0 Å². The van der Waals surface area contributed by atoms with E-state index >= 15 is 0 Å². The Morgan fingerprint density at radius 3 is 2.76 bits per heavy atom. The van der Waals surface area contributed by atoms with Gasteiger partial charge in [-0.3, -0.25) is 4.79 Å². The number of hydrogen-bond donors (Lipinski definition) is 0. The van der Waals surface area contributed by atoms with Gasteiger partial charge in [-0.05, 0) is 38.3 Å².